The molecule has 0 aromatic heterocycles. The molecule has 7 heteroatoms. The average molecular weight is 237 g/mol. The number of hydrogen-bond donors (Lipinski definition) is 1. The van der Waals surface area contributed by atoms with E-state index < -0.39 is 7.50 Å². The second-order valence-electron chi connectivity index (χ2n) is 3.31. The van der Waals surface area contributed by atoms with Crippen LogP contribution in [0.1, 0.15) is 0 Å². The first-order chi connectivity index (χ1) is 6.72. The maximum absolute atomic E-state index is 9.92. The van der Waals surface area contributed by atoms with Crippen molar-refractivity contribution in [3.05, 3.63) is 4.91 Å². The minimum atomic E-state index is -1.67. The maximum Gasteiger partial charge on any atom is 0.262 e. The van der Waals surface area contributed by atoms with Gasteiger partial charge in [0.05, 0.1) is 0 Å². The van der Waals surface area contributed by atoms with E-state index in [1.165, 1.54) is 11.4 Å². The van der Waals surface area contributed by atoms with Crippen molar-refractivity contribution in [2.75, 3.05) is 45.5 Å². The zero-order chi connectivity index (χ0) is 10.4. The Kier molecular flexibility index (Phi) is 5.89. The summed E-state index contributed by atoms with van der Waals surface area (Å²) in [6, 6.07) is 0. The molecule has 1 heterocycles. The Hall–Kier alpha value is 0.260. The lowest BCUT2D eigenvalue weighted by molar-refractivity contribution is 0.161. The van der Waals surface area contributed by atoms with Crippen molar-refractivity contribution in [1.29, 1.82) is 0 Å². The van der Waals surface area contributed by atoms with Gasteiger partial charge in [0.2, 0.25) is 0 Å². The van der Waals surface area contributed by atoms with Gasteiger partial charge in [0.15, 0.2) is 0 Å². The van der Waals surface area contributed by atoms with Crippen molar-refractivity contribution in [2.45, 2.75) is 0 Å². The van der Waals surface area contributed by atoms with Gasteiger partial charge in [0.25, 0.3) is 7.50 Å². The lowest BCUT2D eigenvalue weighted by Crippen LogP contribution is -2.45. The predicted octanol–water partition coefficient (Wildman–Crippen LogP) is 0.953. The summed E-state index contributed by atoms with van der Waals surface area (Å²) in [5.41, 5.74) is 0. The number of nitroso groups, excluding NO2 is 1. The molecule has 1 saturated heterocycles. The fourth-order valence-corrected chi connectivity index (χ4v) is 2.77. The van der Waals surface area contributed by atoms with E-state index in [-0.39, 0.29) is 0 Å². The van der Waals surface area contributed by atoms with Crippen LogP contribution in [0.5, 0.6) is 0 Å². The van der Waals surface area contributed by atoms with E-state index >= 15 is 0 Å². The zero-order valence-corrected chi connectivity index (χ0v) is 10.0. The first kappa shape index (κ1) is 12.3. The Morgan fingerprint density at radius 2 is 2.07 bits per heavy atom. The fraction of sp³-hybridized carbons (Fsp3) is 1.00. The molecule has 0 saturated carbocycles. The molecule has 82 valence electrons. The van der Waals surface area contributed by atoms with Crippen LogP contribution in [0.25, 0.3) is 0 Å². The number of nitrogens with zero attached hydrogens (tertiary/aromatic N) is 3. The van der Waals surface area contributed by atoms with Gasteiger partial charge in [-0.3, -0.25) is 4.90 Å². The summed E-state index contributed by atoms with van der Waals surface area (Å²) >= 11 is 1.26. The Bertz CT molecular complexity index is 178. The number of piperazine rings is 1. The van der Waals surface area contributed by atoms with E-state index in [1.807, 2.05) is 0 Å². The standard InChI is InChI=1S/C7H16N3O2PS/c1-9-2-4-10(5-3-9)6-7-14-13(12)8-11/h12H,2-7H2,1H3. The summed E-state index contributed by atoms with van der Waals surface area (Å²) in [5, 5.41) is 0. The van der Waals surface area contributed by atoms with E-state index in [9.17, 15) is 4.91 Å². The van der Waals surface area contributed by atoms with Crippen LogP contribution in [0.2, 0.25) is 0 Å². The van der Waals surface area contributed by atoms with Crippen LogP contribution in [-0.4, -0.2) is 60.2 Å². The maximum atomic E-state index is 9.92. The smallest absolute Gasteiger partial charge is 0.262 e. The highest BCUT2D eigenvalue weighted by Crippen LogP contribution is 2.46. The van der Waals surface area contributed by atoms with Gasteiger partial charge < -0.3 is 9.79 Å². The normalized spacial score (nSPS) is 22.1. The lowest BCUT2D eigenvalue weighted by Gasteiger charge is -2.32. The van der Waals surface area contributed by atoms with E-state index in [4.69, 9.17) is 4.89 Å². The predicted molar refractivity (Wildman–Crippen MR) is 61.3 cm³/mol. The molecule has 5 nitrogen and oxygen atoms in total. The van der Waals surface area contributed by atoms with Crippen LogP contribution in [0.15, 0.2) is 4.95 Å². The van der Waals surface area contributed by atoms with Crippen LogP contribution in [0.3, 0.4) is 0 Å². The number of hydrogen-bond acceptors (Lipinski definition) is 6. The first-order valence-corrected chi connectivity index (χ1v) is 7.42. The minimum absolute atomic E-state index is 0.789. The molecule has 0 bridgehead atoms. The van der Waals surface area contributed by atoms with Crippen molar-refractivity contribution < 1.29 is 4.89 Å². The molecule has 0 aromatic carbocycles. The molecule has 1 fully saturated rings. The zero-order valence-electron chi connectivity index (χ0n) is 8.30. The second kappa shape index (κ2) is 6.69. The van der Waals surface area contributed by atoms with E-state index in [2.05, 4.69) is 21.8 Å². The van der Waals surface area contributed by atoms with Gasteiger partial charge in [-0.15, -0.1) is 4.91 Å². The van der Waals surface area contributed by atoms with Gasteiger partial charge in [-0.25, -0.2) is 0 Å². The van der Waals surface area contributed by atoms with Crippen molar-refractivity contribution in [2.24, 2.45) is 4.95 Å². The largest absolute Gasteiger partial charge is 0.343 e. The van der Waals surface area contributed by atoms with Gasteiger partial charge in [0, 0.05) is 38.5 Å². The Balaban J connectivity index is 2.04. The first-order valence-electron chi connectivity index (χ1n) is 4.58. The molecule has 1 aliphatic heterocycles. The molecular formula is C7H16N3O2PS. The number of likely N-dealkylation sites (N-methyl/N-ethyl adjacent to an activating group) is 1. The molecule has 1 unspecified atom stereocenters. The molecule has 0 radical (unpaired) electrons. The molecule has 0 amide bonds. The monoisotopic (exact) mass is 237 g/mol. The summed E-state index contributed by atoms with van der Waals surface area (Å²) in [4.78, 5) is 26.1. The SMILES string of the molecule is CN1CCN(CCSP(O)N=O)CC1. The minimum Gasteiger partial charge on any atom is -0.343 e. The lowest BCUT2D eigenvalue weighted by atomic mass is 10.3. The molecule has 0 spiro atoms. The summed E-state index contributed by atoms with van der Waals surface area (Å²) in [6.07, 6.45) is 0. The molecule has 0 aromatic rings. The highest BCUT2D eigenvalue weighted by Gasteiger charge is 2.14. The molecule has 1 atom stereocenters. The van der Waals surface area contributed by atoms with Crippen LogP contribution < -0.4 is 0 Å². The third kappa shape index (κ3) is 4.66. The molecule has 1 N–H and O–H groups in total. The van der Waals surface area contributed by atoms with Crippen LogP contribution in [0, 0.1) is 4.91 Å². The van der Waals surface area contributed by atoms with Gasteiger partial charge in [0.1, 0.15) is 0 Å². The quantitative estimate of drug-likeness (QED) is 0.570. The summed E-state index contributed by atoms with van der Waals surface area (Å²) in [6.45, 7) is 5.30. The third-order valence-corrected chi connectivity index (χ3v) is 4.46. The number of rotatable bonds is 5. The van der Waals surface area contributed by atoms with Crippen molar-refractivity contribution in [1.82, 2.24) is 9.80 Å². The van der Waals surface area contributed by atoms with Crippen LogP contribution in [0.4, 0.5) is 0 Å². The van der Waals surface area contributed by atoms with Crippen LogP contribution in [-0.2, 0) is 0 Å². The van der Waals surface area contributed by atoms with Crippen molar-refractivity contribution in [3.63, 3.8) is 0 Å². The van der Waals surface area contributed by atoms with Gasteiger partial charge in [-0.05, 0) is 12.0 Å². The van der Waals surface area contributed by atoms with Gasteiger partial charge in [-0.1, -0.05) is 11.4 Å². The second-order valence-corrected chi connectivity index (χ2v) is 6.40. The molecule has 14 heavy (non-hydrogen) atoms. The van der Waals surface area contributed by atoms with Crippen molar-refractivity contribution >= 4 is 18.9 Å². The highest BCUT2D eigenvalue weighted by atomic mass is 32.7. The summed E-state index contributed by atoms with van der Waals surface area (Å²) in [5.74, 6) is 0.789. The highest BCUT2D eigenvalue weighted by molar-refractivity contribution is 8.53. The molecule has 1 aliphatic rings. The van der Waals surface area contributed by atoms with E-state index in [0.29, 0.717) is 0 Å². The third-order valence-electron chi connectivity index (χ3n) is 2.28. The van der Waals surface area contributed by atoms with Gasteiger partial charge >= 0.3 is 0 Å². The Morgan fingerprint density at radius 1 is 1.43 bits per heavy atom. The van der Waals surface area contributed by atoms with Gasteiger partial charge in [-0.2, -0.15) is 0 Å². The van der Waals surface area contributed by atoms with Crippen molar-refractivity contribution in [3.8, 4) is 0 Å². The van der Waals surface area contributed by atoms with E-state index in [1.54, 1.807) is 0 Å². The molecular weight excluding hydrogens is 221 g/mol. The average Bonchev–Trinajstić information content (AvgIpc) is 2.21. The fourth-order valence-electron chi connectivity index (χ4n) is 1.35. The Labute approximate surface area is 89.4 Å². The summed E-state index contributed by atoms with van der Waals surface area (Å²) in [7, 11) is 0.455. The van der Waals surface area contributed by atoms with E-state index in [0.717, 1.165) is 38.5 Å². The van der Waals surface area contributed by atoms with Crippen LogP contribution >= 0.6 is 18.9 Å². The molecule has 0 aliphatic carbocycles. The topological polar surface area (TPSA) is 56.1 Å². The molecule has 1 rings (SSSR count). The Morgan fingerprint density at radius 3 is 2.64 bits per heavy atom. The summed E-state index contributed by atoms with van der Waals surface area (Å²) < 4.78 is 0.